The summed E-state index contributed by atoms with van der Waals surface area (Å²) < 4.78 is 15.1. The molecule has 4 atom stereocenters. The summed E-state index contributed by atoms with van der Waals surface area (Å²) in [6.07, 6.45) is 2.93. The van der Waals surface area contributed by atoms with Gasteiger partial charge in [0.25, 0.3) is 5.91 Å². The number of hydrogen-bond donors (Lipinski definition) is 3. The third-order valence-corrected chi connectivity index (χ3v) is 8.20. The van der Waals surface area contributed by atoms with Crippen molar-refractivity contribution >= 4 is 57.2 Å². The molecule has 2 aliphatic carbocycles. The van der Waals surface area contributed by atoms with Crippen molar-refractivity contribution in [3.63, 3.8) is 0 Å². The summed E-state index contributed by atoms with van der Waals surface area (Å²) in [5, 5.41) is 19.4. The lowest BCUT2D eigenvalue weighted by molar-refractivity contribution is -0.120. The lowest BCUT2D eigenvalue weighted by Gasteiger charge is -2.27. The molecule has 5 rings (SSSR count). The summed E-state index contributed by atoms with van der Waals surface area (Å²) in [7, 11) is 1.64. The van der Waals surface area contributed by atoms with Crippen molar-refractivity contribution in [1.82, 2.24) is 25.1 Å². The number of carbonyl (C=O) groups excluding carboxylic acids is 2. The van der Waals surface area contributed by atoms with Crippen molar-refractivity contribution in [2.24, 2.45) is 13.0 Å². The molecular formula is C24H24FIN6O4. The van der Waals surface area contributed by atoms with Crippen molar-refractivity contribution in [2.75, 3.05) is 5.32 Å². The van der Waals surface area contributed by atoms with Gasteiger partial charge in [0.05, 0.1) is 11.6 Å². The molecule has 10 nitrogen and oxygen atoms in total. The number of carboxylic acids is 1. The molecule has 2 amide bonds. The van der Waals surface area contributed by atoms with E-state index in [1.165, 1.54) is 17.1 Å². The molecule has 12 heteroatoms. The van der Waals surface area contributed by atoms with Crippen LogP contribution in [0.3, 0.4) is 0 Å². The van der Waals surface area contributed by atoms with Crippen LogP contribution in [0.4, 0.5) is 10.2 Å². The highest BCUT2D eigenvalue weighted by molar-refractivity contribution is 14.1. The van der Waals surface area contributed by atoms with Crippen LogP contribution in [0.5, 0.6) is 0 Å². The Morgan fingerprint density at radius 1 is 1.19 bits per heavy atom. The Morgan fingerprint density at radius 3 is 2.75 bits per heavy atom. The molecule has 2 heterocycles. The second-order valence-corrected chi connectivity index (χ2v) is 10.8. The quantitative estimate of drug-likeness (QED) is 0.299. The van der Waals surface area contributed by atoms with Gasteiger partial charge in [-0.15, -0.1) is 0 Å². The Bertz CT molecular complexity index is 1380. The number of aromatic nitrogens is 4. The SMILES string of the molecule is Cn1nc(NC(=O)C2CCC(F)C(I)C2)c2ncnc(C(=O)N[C@H]3CCc4cc(C(=O)O)ccc43)c21. The van der Waals surface area contributed by atoms with Gasteiger partial charge in [0.1, 0.15) is 23.5 Å². The summed E-state index contributed by atoms with van der Waals surface area (Å²) in [5.41, 5.74) is 2.84. The smallest absolute Gasteiger partial charge is 0.335 e. The van der Waals surface area contributed by atoms with Crippen molar-refractivity contribution < 1.29 is 23.9 Å². The third-order valence-electron chi connectivity index (χ3n) is 6.91. The lowest BCUT2D eigenvalue weighted by atomic mass is 9.87. The maximum Gasteiger partial charge on any atom is 0.335 e. The van der Waals surface area contributed by atoms with Gasteiger partial charge in [-0.25, -0.2) is 19.2 Å². The molecule has 188 valence electrons. The zero-order valence-electron chi connectivity index (χ0n) is 19.4. The predicted octanol–water partition coefficient (Wildman–Crippen LogP) is 3.36. The zero-order chi connectivity index (χ0) is 25.6. The van der Waals surface area contributed by atoms with E-state index in [0.29, 0.717) is 43.1 Å². The largest absolute Gasteiger partial charge is 0.478 e. The van der Waals surface area contributed by atoms with E-state index in [2.05, 4.69) is 48.3 Å². The molecule has 0 spiro atoms. The van der Waals surface area contributed by atoms with E-state index in [1.54, 1.807) is 19.2 Å². The number of nitrogens with zero attached hydrogens (tertiary/aromatic N) is 4. The fraction of sp³-hybridized carbons (Fsp3) is 0.417. The van der Waals surface area contributed by atoms with Gasteiger partial charge in [-0.1, -0.05) is 28.7 Å². The molecule has 0 aliphatic heterocycles. The Hall–Kier alpha value is -3.16. The van der Waals surface area contributed by atoms with Crippen LogP contribution in [0.1, 0.15) is 63.7 Å². The number of carboxylic acid groups (broad SMARTS) is 1. The first kappa shape index (κ1) is 24.5. The number of halogens is 2. The molecule has 0 saturated heterocycles. The molecule has 36 heavy (non-hydrogen) atoms. The summed E-state index contributed by atoms with van der Waals surface area (Å²) >= 11 is 2.05. The number of amides is 2. The lowest BCUT2D eigenvalue weighted by Crippen LogP contribution is -2.33. The van der Waals surface area contributed by atoms with Crippen LogP contribution in [0.15, 0.2) is 24.5 Å². The van der Waals surface area contributed by atoms with Crippen molar-refractivity contribution in [3.05, 3.63) is 46.9 Å². The van der Waals surface area contributed by atoms with Gasteiger partial charge in [0.15, 0.2) is 11.5 Å². The number of rotatable bonds is 5. The van der Waals surface area contributed by atoms with Crippen LogP contribution in [-0.4, -0.2) is 52.7 Å². The predicted molar refractivity (Wildman–Crippen MR) is 137 cm³/mol. The number of hydrogen-bond acceptors (Lipinski definition) is 6. The minimum Gasteiger partial charge on any atom is -0.478 e. The molecule has 0 radical (unpaired) electrons. The maximum atomic E-state index is 13.8. The van der Waals surface area contributed by atoms with Crippen molar-refractivity contribution in [2.45, 2.75) is 48.2 Å². The van der Waals surface area contributed by atoms with Crippen LogP contribution < -0.4 is 10.6 Å². The van der Waals surface area contributed by atoms with Crippen molar-refractivity contribution in [3.8, 4) is 0 Å². The normalized spacial score (nSPS) is 23.3. The molecule has 3 aromatic rings. The molecule has 1 aromatic carbocycles. The van der Waals surface area contributed by atoms with Gasteiger partial charge in [-0.05, 0) is 55.4 Å². The minimum absolute atomic E-state index is 0.122. The molecule has 2 aliphatic rings. The summed E-state index contributed by atoms with van der Waals surface area (Å²) in [5.74, 6) is -1.73. The van der Waals surface area contributed by atoms with E-state index in [9.17, 15) is 23.9 Å². The Morgan fingerprint density at radius 2 is 2.00 bits per heavy atom. The van der Waals surface area contributed by atoms with E-state index < -0.39 is 18.0 Å². The fourth-order valence-corrected chi connectivity index (χ4v) is 5.99. The average Bonchev–Trinajstić information content (AvgIpc) is 3.40. The van der Waals surface area contributed by atoms with Gasteiger partial charge in [0, 0.05) is 16.9 Å². The first-order valence-electron chi connectivity index (χ1n) is 11.7. The molecule has 1 fully saturated rings. The fourth-order valence-electron chi connectivity index (χ4n) is 5.02. The minimum atomic E-state index is -0.989. The molecule has 0 bridgehead atoms. The Labute approximate surface area is 219 Å². The number of carbonyl (C=O) groups is 3. The second-order valence-electron chi connectivity index (χ2n) is 9.21. The van der Waals surface area contributed by atoms with Gasteiger partial charge < -0.3 is 15.7 Å². The van der Waals surface area contributed by atoms with Crippen LogP contribution in [0.2, 0.25) is 0 Å². The number of benzene rings is 1. The highest BCUT2D eigenvalue weighted by atomic mass is 127. The van der Waals surface area contributed by atoms with E-state index in [-0.39, 0.29) is 38.9 Å². The molecule has 1 saturated carbocycles. The van der Waals surface area contributed by atoms with Gasteiger partial charge >= 0.3 is 5.97 Å². The van der Waals surface area contributed by atoms with Crippen LogP contribution >= 0.6 is 22.6 Å². The molecule has 2 aromatic heterocycles. The molecule has 3 N–H and O–H groups in total. The van der Waals surface area contributed by atoms with Crippen LogP contribution in [0, 0.1) is 5.92 Å². The van der Waals surface area contributed by atoms with E-state index in [0.717, 1.165) is 11.1 Å². The first-order chi connectivity index (χ1) is 17.2. The van der Waals surface area contributed by atoms with E-state index in [4.69, 9.17) is 0 Å². The summed E-state index contributed by atoms with van der Waals surface area (Å²) in [6.45, 7) is 0. The van der Waals surface area contributed by atoms with Gasteiger partial charge in [-0.2, -0.15) is 5.10 Å². The zero-order valence-corrected chi connectivity index (χ0v) is 21.5. The maximum absolute atomic E-state index is 13.8. The monoisotopic (exact) mass is 606 g/mol. The van der Waals surface area contributed by atoms with E-state index in [1.807, 2.05) is 0 Å². The van der Waals surface area contributed by atoms with Gasteiger partial charge in [-0.3, -0.25) is 14.3 Å². The first-order valence-corrected chi connectivity index (χ1v) is 12.9. The number of fused-ring (bicyclic) bond motifs is 2. The number of alkyl halides is 2. The summed E-state index contributed by atoms with van der Waals surface area (Å²) in [6, 6.07) is 4.63. The van der Waals surface area contributed by atoms with Crippen LogP contribution in [0.25, 0.3) is 11.0 Å². The number of aromatic carboxylic acids is 1. The van der Waals surface area contributed by atoms with E-state index >= 15 is 0 Å². The number of aryl methyl sites for hydroxylation is 2. The number of nitrogens with one attached hydrogen (secondary N) is 2. The van der Waals surface area contributed by atoms with Crippen LogP contribution in [-0.2, 0) is 18.3 Å². The molecular weight excluding hydrogens is 582 g/mol. The summed E-state index contributed by atoms with van der Waals surface area (Å²) in [4.78, 5) is 45.8. The molecule has 3 unspecified atom stereocenters. The second kappa shape index (κ2) is 9.71. The third kappa shape index (κ3) is 4.53. The Kier molecular flexibility index (Phi) is 6.62. The van der Waals surface area contributed by atoms with Gasteiger partial charge in [0.2, 0.25) is 5.91 Å². The topological polar surface area (TPSA) is 139 Å². The number of anilines is 1. The van der Waals surface area contributed by atoms with Crippen molar-refractivity contribution in [1.29, 1.82) is 0 Å². The highest BCUT2D eigenvalue weighted by Gasteiger charge is 2.33. The average molecular weight is 606 g/mol. The standard InChI is InChI=1S/C24H24FIN6O4/c1-32-20-18(21(31-32)30-22(33)12-3-6-15(25)16(26)9-12)27-10-28-19(20)23(34)29-17-7-4-11-8-13(24(35)36)2-5-14(11)17/h2,5,8,10,12,15-17H,3-4,6-7,9H2,1H3,(H,29,34)(H,35,36)(H,30,31,33)/t12?,15?,16?,17-/m0/s1. The Balaban J connectivity index is 1.36. The highest BCUT2D eigenvalue weighted by Crippen LogP contribution is 2.34.